The molecular weight excluding hydrogens is 382 g/mol. The van der Waals surface area contributed by atoms with Crippen molar-refractivity contribution in [1.82, 2.24) is 15.1 Å². The van der Waals surface area contributed by atoms with Crippen LogP contribution in [-0.4, -0.2) is 80.1 Å². The third kappa shape index (κ3) is 6.09. The molecule has 1 aromatic rings. The highest BCUT2D eigenvalue weighted by Gasteiger charge is 2.19. The van der Waals surface area contributed by atoms with Crippen LogP contribution < -0.4 is 14.8 Å². The number of benzene rings is 1. The Bertz CT molecular complexity index is 777. The van der Waals surface area contributed by atoms with E-state index in [0.717, 1.165) is 0 Å². The molecule has 0 unspecified atom stereocenters. The Morgan fingerprint density at radius 2 is 1.76 bits per heavy atom. The van der Waals surface area contributed by atoms with Crippen molar-refractivity contribution in [2.75, 3.05) is 46.6 Å². The van der Waals surface area contributed by atoms with Gasteiger partial charge < -0.3 is 29.3 Å². The number of likely N-dealkylation sites (N-methyl/N-ethyl adjacent to an activating group) is 2. The molecule has 1 N–H and O–H groups in total. The minimum absolute atomic E-state index is 0.0930. The summed E-state index contributed by atoms with van der Waals surface area (Å²) >= 11 is 0. The first kappa shape index (κ1) is 22.0. The van der Waals surface area contributed by atoms with E-state index in [1.54, 1.807) is 17.0 Å². The topological polar surface area (TPSA) is 114 Å². The maximum atomic E-state index is 12.1. The molecule has 1 aliphatic heterocycles. The fourth-order valence-electron chi connectivity index (χ4n) is 2.56. The van der Waals surface area contributed by atoms with Crippen molar-refractivity contribution < 1.29 is 33.4 Å². The van der Waals surface area contributed by atoms with E-state index in [-0.39, 0.29) is 19.2 Å². The van der Waals surface area contributed by atoms with Crippen LogP contribution in [0.15, 0.2) is 18.2 Å². The third-order valence-electron chi connectivity index (χ3n) is 4.30. The van der Waals surface area contributed by atoms with Gasteiger partial charge in [-0.3, -0.25) is 19.2 Å². The van der Waals surface area contributed by atoms with Gasteiger partial charge in [0.15, 0.2) is 18.1 Å². The number of hydrogen-bond donors (Lipinski definition) is 1. The van der Waals surface area contributed by atoms with Crippen LogP contribution in [0, 0.1) is 0 Å². The Labute approximate surface area is 168 Å². The number of nitrogens with one attached hydrogen (secondary N) is 1. The van der Waals surface area contributed by atoms with E-state index < -0.39 is 30.9 Å². The summed E-state index contributed by atoms with van der Waals surface area (Å²) in [6.07, 6.45) is 0. The summed E-state index contributed by atoms with van der Waals surface area (Å²) in [5, 5.41) is 2.41. The van der Waals surface area contributed by atoms with Gasteiger partial charge in [-0.1, -0.05) is 0 Å². The Morgan fingerprint density at radius 3 is 2.45 bits per heavy atom. The summed E-state index contributed by atoms with van der Waals surface area (Å²) in [5.41, 5.74) is 0.299. The summed E-state index contributed by atoms with van der Waals surface area (Å²) in [7, 11) is 1.46. The van der Waals surface area contributed by atoms with Crippen LogP contribution >= 0.6 is 0 Å². The van der Waals surface area contributed by atoms with Crippen molar-refractivity contribution in [3.05, 3.63) is 23.8 Å². The number of rotatable bonds is 9. The van der Waals surface area contributed by atoms with Gasteiger partial charge in [-0.15, -0.1) is 0 Å². The zero-order chi connectivity index (χ0) is 21.4. The quantitative estimate of drug-likeness (QED) is 0.574. The second kappa shape index (κ2) is 10.3. The molecule has 0 spiro atoms. The Morgan fingerprint density at radius 1 is 1.07 bits per heavy atom. The van der Waals surface area contributed by atoms with Gasteiger partial charge in [0, 0.05) is 25.7 Å². The number of nitrogens with zero attached hydrogens (tertiary/aromatic N) is 2. The predicted octanol–water partition coefficient (Wildman–Crippen LogP) is 0.0151. The Balaban J connectivity index is 1.72. The molecule has 3 amide bonds. The molecule has 2 rings (SSSR count). The molecule has 0 atom stereocenters. The van der Waals surface area contributed by atoms with Crippen molar-refractivity contribution in [3.63, 3.8) is 0 Å². The number of carbonyl (C=O) groups is 4. The molecule has 1 heterocycles. The van der Waals surface area contributed by atoms with Crippen LogP contribution in [0.1, 0.15) is 24.2 Å². The van der Waals surface area contributed by atoms with Crippen LogP contribution in [0.3, 0.4) is 0 Å². The van der Waals surface area contributed by atoms with E-state index in [4.69, 9.17) is 14.2 Å². The smallest absolute Gasteiger partial charge is 0.325 e. The number of ether oxygens (including phenoxy) is 3. The minimum Gasteiger partial charge on any atom is -0.454 e. The molecule has 0 aromatic heterocycles. The normalized spacial score (nSPS) is 11.6. The van der Waals surface area contributed by atoms with Crippen LogP contribution in [0.4, 0.5) is 0 Å². The standard InChI is InChI=1S/C19H25N3O7/c1-4-22(5-2)16(23)10-21(3)17(24)11-27-18(25)9-20-19(26)13-6-7-14-15(8-13)29-12-28-14/h6-8H,4-5,9-12H2,1-3H3,(H,20,26). The summed E-state index contributed by atoms with van der Waals surface area (Å²) in [5.74, 6) is -0.963. The monoisotopic (exact) mass is 407 g/mol. The van der Waals surface area contributed by atoms with Crippen LogP contribution in [-0.2, 0) is 19.1 Å². The van der Waals surface area contributed by atoms with Crippen molar-refractivity contribution in [2.24, 2.45) is 0 Å². The SMILES string of the molecule is CCN(CC)C(=O)CN(C)C(=O)COC(=O)CNC(=O)c1ccc2c(c1)OCO2. The zero-order valence-corrected chi connectivity index (χ0v) is 16.7. The maximum Gasteiger partial charge on any atom is 0.325 e. The fourth-order valence-corrected chi connectivity index (χ4v) is 2.56. The fraction of sp³-hybridized carbons (Fsp3) is 0.474. The summed E-state index contributed by atoms with van der Waals surface area (Å²) in [6.45, 7) is 3.88. The van der Waals surface area contributed by atoms with E-state index in [0.29, 0.717) is 30.2 Å². The number of esters is 1. The number of fused-ring (bicyclic) bond motifs is 1. The van der Waals surface area contributed by atoms with Crippen molar-refractivity contribution in [1.29, 1.82) is 0 Å². The molecule has 0 saturated heterocycles. The Hall–Kier alpha value is -3.30. The largest absolute Gasteiger partial charge is 0.454 e. The molecular formula is C19H25N3O7. The van der Waals surface area contributed by atoms with Crippen molar-refractivity contribution >= 4 is 23.7 Å². The molecule has 10 nitrogen and oxygen atoms in total. The van der Waals surface area contributed by atoms with E-state index in [1.807, 2.05) is 13.8 Å². The third-order valence-corrected chi connectivity index (χ3v) is 4.30. The highest BCUT2D eigenvalue weighted by molar-refractivity contribution is 5.96. The van der Waals surface area contributed by atoms with Crippen LogP contribution in [0.25, 0.3) is 0 Å². The molecule has 1 aliphatic rings. The number of amides is 3. The van der Waals surface area contributed by atoms with Gasteiger partial charge in [0.2, 0.25) is 12.7 Å². The van der Waals surface area contributed by atoms with Gasteiger partial charge in [-0.2, -0.15) is 0 Å². The van der Waals surface area contributed by atoms with E-state index >= 15 is 0 Å². The first-order valence-corrected chi connectivity index (χ1v) is 9.20. The van der Waals surface area contributed by atoms with Gasteiger partial charge >= 0.3 is 5.97 Å². The lowest BCUT2D eigenvalue weighted by Gasteiger charge is -2.23. The Kier molecular flexibility index (Phi) is 7.81. The predicted molar refractivity (Wildman–Crippen MR) is 101 cm³/mol. The second-order valence-electron chi connectivity index (χ2n) is 6.23. The molecule has 158 valence electrons. The molecule has 0 aliphatic carbocycles. The lowest BCUT2D eigenvalue weighted by atomic mass is 10.2. The maximum absolute atomic E-state index is 12.1. The molecule has 0 fully saturated rings. The summed E-state index contributed by atoms with van der Waals surface area (Å²) in [6, 6.07) is 4.65. The van der Waals surface area contributed by atoms with Gasteiger partial charge in [0.25, 0.3) is 11.8 Å². The van der Waals surface area contributed by atoms with Crippen molar-refractivity contribution in [3.8, 4) is 11.5 Å². The molecule has 0 saturated carbocycles. The van der Waals surface area contributed by atoms with Gasteiger partial charge in [0.05, 0.1) is 6.54 Å². The average molecular weight is 407 g/mol. The van der Waals surface area contributed by atoms with Crippen LogP contribution in [0.2, 0.25) is 0 Å². The molecule has 29 heavy (non-hydrogen) atoms. The number of carbonyl (C=O) groups excluding carboxylic acids is 4. The highest BCUT2D eigenvalue weighted by atomic mass is 16.7. The minimum atomic E-state index is -0.768. The summed E-state index contributed by atoms with van der Waals surface area (Å²) in [4.78, 5) is 50.7. The first-order valence-electron chi connectivity index (χ1n) is 9.20. The van der Waals surface area contributed by atoms with E-state index in [2.05, 4.69) is 5.32 Å². The second-order valence-corrected chi connectivity index (χ2v) is 6.23. The van der Waals surface area contributed by atoms with Gasteiger partial charge in [-0.25, -0.2) is 0 Å². The number of hydrogen-bond acceptors (Lipinski definition) is 7. The first-order chi connectivity index (χ1) is 13.8. The van der Waals surface area contributed by atoms with Gasteiger partial charge in [0.1, 0.15) is 6.54 Å². The van der Waals surface area contributed by atoms with E-state index in [9.17, 15) is 19.2 Å². The molecule has 1 aromatic carbocycles. The van der Waals surface area contributed by atoms with Crippen LogP contribution in [0.5, 0.6) is 11.5 Å². The molecule has 0 bridgehead atoms. The lowest BCUT2D eigenvalue weighted by molar-refractivity contribution is -0.151. The summed E-state index contributed by atoms with van der Waals surface area (Å²) < 4.78 is 15.2. The molecule has 10 heteroatoms. The lowest BCUT2D eigenvalue weighted by Crippen LogP contribution is -2.42. The molecule has 0 radical (unpaired) electrons. The highest BCUT2D eigenvalue weighted by Crippen LogP contribution is 2.32. The average Bonchev–Trinajstić information content (AvgIpc) is 3.18. The zero-order valence-electron chi connectivity index (χ0n) is 16.7. The van der Waals surface area contributed by atoms with Gasteiger partial charge in [-0.05, 0) is 32.0 Å². The van der Waals surface area contributed by atoms with Crippen molar-refractivity contribution in [2.45, 2.75) is 13.8 Å². The van der Waals surface area contributed by atoms with E-state index in [1.165, 1.54) is 18.0 Å².